The average molecular weight is 315 g/mol. The summed E-state index contributed by atoms with van der Waals surface area (Å²) in [6.45, 7) is 1.28. The molecule has 3 rings (SSSR count). The smallest absolute Gasteiger partial charge is 0.308 e. The molecule has 0 bridgehead atoms. The second kappa shape index (κ2) is 5.66. The second-order valence-electron chi connectivity index (χ2n) is 4.68. The molecule has 1 aromatic heterocycles. The zero-order valence-electron chi connectivity index (χ0n) is 11.6. The van der Waals surface area contributed by atoms with Crippen molar-refractivity contribution in [3.63, 3.8) is 0 Å². The van der Waals surface area contributed by atoms with Gasteiger partial charge in [-0.3, -0.25) is 9.59 Å². The standard InChI is InChI=1S/C17H11ClO4/c1-10(19)21-14-7-4-8-15-17(14)13(20)9-16(22-15)11-5-2-3-6-12(11)18/h2-9H,1H3. The fourth-order valence-electron chi connectivity index (χ4n) is 2.21. The average Bonchev–Trinajstić information content (AvgIpc) is 2.46. The van der Waals surface area contributed by atoms with E-state index in [9.17, 15) is 9.59 Å². The van der Waals surface area contributed by atoms with E-state index in [2.05, 4.69) is 0 Å². The van der Waals surface area contributed by atoms with Crippen molar-refractivity contribution in [3.05, 3.63) is 63.8 Å². The number of ether oxygens (including phenoxy) is 1. The summed E-state index contributed by atoms with van der Waals surface area (Å²) in [6, 6.07) is 13.3. The first kappa shape index (κ1) is 14.4. The SMILES string of the molecule is CC(=O)Oc1cccc2oc(-c3ccccc3Cl)cc(=O)c12. The number of halogens is 1. The molecule has 3 aromatic rings. The number of esters is 1. The lowest BCUT2D eigenvalue weighted by Gasteiger charge is -2.07. The van der Waals surface area contributed by atoms with E-state index in [0.717, 1.165) is 0 Å². The van der Waals surface area contributed by atoms with Crippen LogP contribution in [0.5, 0.6) is 5.75 Å². The van der Waals surface area contributed by atoms with Gasteiger partial charge in [0.1, 0.15) is 22.5 Å². The minimum absolute atomic E-state index is 0.185. The summed E-state index contributed by atoms with van der Waals surface area (Å²) in [7, 11) is 0. The van der Waals surface area contributed by atoms with Gasteiger partial charge in [-0.1, -0.05) is 29.8 Å². The molecule has 1 heterocycles. The van der Waals surface area contributed by atoms with Crippen molar-refractivity contribution >= 4 is 28.5 Å². The molecule has 0 aliphatic rings. The monoisotopic (exact) mass is 314 g/mol. The van der Waals surface area contributed by atoms with Crippen LogP contribution in [0.15, 0.2) is 57.7 Å². The first-order valence-corrected chi connectivity index (χ1v) is 6.94. The maximum atomic E-state index is 12.4. The molecule has 0 N–H and O–H groups in total. The zero-order chi connectivity index (χ0) is 15.7. The van der Waals surface area contributed by atoms with E-state index in [1.54, 1.807) is 42.5 Å². The van der Waals surface area contributed by atoms with Gasteiger partial charge in [-0.25, -0.2) is 0 Å². The number of hydrogen-bond acceptors (Lipinski definition) is 4. The zero-order valence-corrected chi connectivity index (χ0v) is 12.4. The Labute approximate surface area is 130 Å². The topological polar surface area (TPSA) is 56.5 Å². The van der Waals surface area contributed by atoms with Crippen molar-refractivity contribution in [2.24, 2.45) is 0 Å². The first-order valence-electron chi connectivity index (χ1n) is 6.56. The van der Waals surface area contributed by atoms with Crippen molar-refractivity contribution in [2.75, 3.05) is 0 Å². The van der Waals surface area contributed by atoms with Crippen LogP contribution in [-0.4, -0.2) is 5.97 Å². The predicted molar refractivity (Wildman–Crippen MR) is 84.2 cm³/mol. The van der Waals surface area contributed by atoms with Crippen LogP contribution in [-0.2, 0) is 4.79 Å². The van der Waals surface area contributed by atoms with Crippen LogP contribution in [0, 0.1) is 0 Å². The van der Waals surface area contributed by atoms with Gasteiger partial charge in [0.15, 0.2) is 5.43 Å². The molecule has 2 aromatic carbocycles. The van der Waals surface area contributed by atoms with E-state index >= 15 is 0 Å². The Bertz CT molecular complexity index is 927. The van der Waals surface area contributed by atoms with Gasteiger partial charge in [-0.2, -0.15) is 0 Å². The molecule has 0 aliphatic carbocycles. The number of fused-ring (bicyclic) bond motifs is 1. The maximum Gasteiger partial charge on any atom is 0.308 e. The lowest BCUT2D eigenvalue weighted by Crippen LogP contribution is -2.07. The summed E-state index contributed by atoms with van der Waals surface area (Å²) < 4.78 is 10.8. The van der Waals surface area contributed by atoms with E-state index in [-0.39, 0.29) is 16.6 Å². The molecule has 0 fully saturated rings. The molecule has 5 heteroatoms. The van der Waals surface area contributed by atoms with Crippen molar-refractivity contribution in [2.45, 2.75) is 6.92 Å². The van der Waals surface area contributed by atoms with E-state index < -0.39 is 5.97 Å². The van der Waals surface area contributed by atoms with Gasteiger partial charge in [0.05, 0.1) is 5.02 Å². The van der Waals surface area contributed by atoms with Crippen LogP contribution in [0.2, 0.25) is 5.02 Å². The molecule has 0 saturated carbocycles. The number of rotatable bonds is 2. The van der Waals surface area contributed by atoms with Gasteiger partial charge >= 0.3 is 5.97 Å². The maximum absolute atomic E-state index is 12.4. The third-order valence-corrected chi connectivity index (χ3v) is 3.44. The van der Waals surface area contributed by atoms with Crippen LogP contribution >= 0.6 is 11.6 Å². The van der Waals surface area contributed by atoms with Crippen molar-refractivity contribution in [3.8, 4) is 17.1 Å². The fraction of sp³-hybridized carbons (Fsp3) is 0.0588. The van der Waals surface area contributed by atoms with E-state index in [0.29, 0.717) is 21.9 Å². The summed E-state index contributed by atoms with van der Waals surface area (Å²) in [4.78, 5) is 23.5. The Balaban J connectivity index is 2.25. The Morgan fingerprint density at radius 1 is 1.14 bits per heavy atom. The molecular formula is C17H11ClO4. The summed E-state index contributed by atoms with van der Waals surface area (Å²) in [5.74, 6) is 0.0506. The quantitative estimate of drug-likeness (QED) is 0.529. The molecule has 0 aliphatic heterocycles. The minimum atomic E-state index is -0.498. The summed E-state index contributed by atoms with van der Waals surface area (Å²) in [5, 5.41) is 0.717. The molecular weight excluding hydrogens is 304 g/mol. The summed E-state index contributed by atoms with van der Waals surface area (Å²) in [6.07, 6.45) is 0. The Hall–Kier alpha value is -2.59. The Morgan fingerprint density at radius 3 is 2.64 bits per heavy atom. The second-order valence-corrected chi connectivity index (χ2v) is 5.08. The van der Waals surface area contributed by atoms with Gasteiger partial charge in [0.25, 0.3) is 0 Å². The van der Waals surface area contributed by atoms with Crippen LogP contribution in [0.4, 0.5) is 0 Å². The summed E-state index contributed by atoms with van der Waals surface area (Å²) >= 11 is 6.13. The van der Waals surface area contributed by atoms with Crippen LogP contribution in [0.3, 0.4) is 0 Å². The number of benzene rings is 2. The van der Waals surface area contributed by atoms with Gasteiger partial charge in [0.2, 0.25) is 0 Å². The van der Waals surface area contributed by atoms with E-state index in [4.69, 9.17) is 20.8 Å². The van der Waals surface area contributed by atoms with Crippen LogP contribution in [0.25, 0.3) is 22.3 Å². The highest BCUT2D eigenvalue weighted by Gasteiger charge is 2.13. The normalized spacial score (nSPS) is 10.6. The third-order valence-electron chi connectivity index (χ3n) is 3.11. The minimum Gasteiger partial charge on any atom is -0.456 e. The number of hydrogen-bond donors (Lipinski definition) is 0. The molecule has 0 atom stereocenters. The van der Waals surface area contributed by atoms with Gasteiger partial charge in [-0.15, -0.1) is 0 Å². The third kappa shape index (κ3) is 2.61. The molecule has 0 spiro atoms. The van der Waals surface area contributed by atoms with Gasteiger partial charge < -0.3 is 9.15 Å². The van der Waals surface area contributed by atoms with Crippen LogP contribution in [0.1, 0.15) is 6.92 Å². The highest BCUT2D eigenvalue weighted by Crippen LogP contribution is 2.30. The Morgan fingerprint density at radius 2 is 1.91 bits per heavy atom. The Kier molecular flexibility index (Phi) is 3.69. The highest BCUT2D eigenvalue weighted by molar-refractivity contribution is 6.33. The van der Waals surface area contributed by atoms with Crippen LogP contribution < -0.4 is 10.2 Å². The lowest BCUT2D eigenvalue weighted by atomic mass is 10.1. The van der Waals surface area contributed by atoms with E-state index in [1.807, 2.05) is 0 Å². The first-order chi connectivity index (χ1) is 10.6. The molecule has 0 unspecified atom stereocenters. The summed E-state index contributed by atoms with van der Waals surface area (Å²) in [5.41, 5.74) is 0.662. The highest BCUT2D eigenvalue weighted by atomic mass is 35.5. The van der Waals surface area contributed by atoms with Gasteiger partial charge in [0, 0.05) is 18.6 Å². The molecule has 0 saturated heterocycles. The predicted octanol–water partition coefficient (Wildman–Crippen LogP) is 4.04. The largest absolute Gasteiger partial charge is 0.456 e. The molecule has 110 valence electrons. The van der Waals surface area contributed by atoms with E-state index in [1.165, 1.54) is 13.0 Å². The van der Waals surface area contributed by atoms with Gasteiger partial charge in [-0.05, 0) is 24.3 Å². The lowest BCUT2D eigenvalue weighted by molar-refractivity contribution is -0.131. The molecule has 22 heavy (non-hydrogen) atoms. The molecule has 4 nitrogen and oxygen atoms in total. The van der Waals surface area contributed by atoms with Crippen molar-refractivity contribution < 1.29 is 13.9 Å². The van der Waals surface area contributed by atoms with Crippen molar-refractivity contribution in [1.29, 1.82) is 0 Å². The molecule has 0 amide bonds. The van der Waals surface area contributed by atoms with Crippen molar-refractivity contribution in [1.82, 2.24) is 0 Å². The number of carbonyl (C=O) groups is 1. The fourth-order valence-corrected chi connectivity index (χ4v) is 2.44. The molecule has 0 radical (unpaired) electrons. The number of carbonyl (C=O) groups excluding carboxylic acids is 1.